The molecule has 1 atom stereocenters. The zero-order chi connectivity index (χ0) is 9.84. The molecule has 1 nitrogen and oxygen atoms in total. The molecule has 0 saturated carbocycles. The molecule has 1 rings (SSSR count). The van der Waals surface area contributed by atoms with Crippen LogP contribution in [0, 0.1) is 0 Å². The Morgan fingerprint density at radius 2 is 2.08 bits per heavy atom. The Hall–Kier alpha value is -0.240. The highest BCUT2D eigenvalue weighted by atomic mass is 35.5. The summed E-state index contributed by atoms with van der Waals surface area (Å²) in [6.07, 6.45) is 0. The highest BCUT2D eigenvalue weighted by molar-refractivity contribution is 6.33. The van der Waals surface area contributed by atoms with Gasteiger partial charge in [0.1, 0.15) is 0 Å². The Kier molecular flexibility index (Phi) is 4.04. The van der Waals surface area contributed by atoms with E-state index in [1.807, 2.05) is 12.1 Å². The maximum absolute atomic E-state index is 6.03. The van der Waals surface area contributed by atoms with Gasteiger partial charge in [-0.1, -0.05) is 30.1 Å². The monoisotopic (exact) mass is 217 g/mol. The van der Waals surface area contributed by atoms with Crippen LogP contribution in [-0.4, -0.2) is 6.54 Å². The van der Waals surface area contributed by atoms with Crippen LogP contribution >= 0.6 is 23.2 Å². The van der Waals surface area contributed by atoms with Crippen LogP contribution in [0.3, 0.4) is 0 Å². The van der Waals surface area contributed by atoms with Crippen LogP contribution in [0.25, 0.3) is 0 Å². The van der Waals surface area contributed by atoms with Crippen LogP contribution in [0.2, 0.25) is 10.0 Å². The predicted octanol–water partition coefficient (Wildman–Crippen LogP) is 3.66. The second kappa shape index (κ2) is 4.85. The molecule has 1 unspecified atom stereocenters. The Labute approximate surface area is 89.0 Å². The molecular formula is C10H13Cl2N. The van der Waals surface area contributed by atoms with E-state index in [2.05, 4.69) is 19.2 Å². The summed E-state index contributed by atoms with van der Waals surface area (Å²) in [7, 11) is 0. The van der Waals surface area contributed by atoms with Crippen molar-refractivity contribution in [2.45, 2.75) is 19.9 Å². The van der Waals surface area contributed by atoms with E-state index in [1.165, 1.54) is 0 Å². The predicted molar refractivity (Wildman–Crippen MR) is 58.6 cm³/mol. The Bertz CT molecular complexity index is 286. The topological polar surface area (TPSA) is 12.0 Å². The standard InChI is InChI=1S/C10H13Cl2N/c1-3-13-7(2)9-6-8(11)4-5-10(9)12/h4-7,13H,3H2,1-2H3. The third-order valence-electron chi connectivity index (χ3n) is 1.93. The molecule has 0 saturated heterocycles. The maximum atomic E-state index is 6.03. The Balaban J connectivity index is 2.91. The molecule has 0 radical (unpaired) electrons. The summed E-state index contributed by atoms with van der Waals surface area (Å²) in [5.41, 5.74) is 1.05. The normalized spacial score (nSPS) is 12.9. The lowest BCUT2D eigenvalue weighted by atomic mass is 10.1. The van der Waals surface area contributed by atoms with Crippen molar-refractivity contribution in [3.63, 3.8) is 0 Å². The van der Waals surface area contributed by atoms with Gasteiger partial charge in [-0.2, -0.15) is 0 Å². The summed E-state index contributed by atoms with van der Waals surface area (Å²) < 4.78 is 0. The van der Waals surface area contributed by atoms with Gasteiger partial charge in [0.15, 0.2) is 0 Å². The van der Waals surface area contributed by atoms with Gasteiger partial charge in [0.05, 0.1) is 0 Å². The molecule has 0 spiro atoms. The van der Waals surface area contributed by atoms with E-state index >= 15 is 0 Å². The number of hydrogen-bond donors (Lipinski definition) is 1. The Morgan fingerprint density at radius 3 is 2.69 bits per heavy atom. The number of benzene rings is 1. The molecular weight excluding hydrogens is 205 g/mol. The van der Waals surface area contributed by atoms with Gasteiger partial charge in [0.25, 0.3) is 0 Å². The molecule has 13 heavy (non-hydrogen) atoms. The lowest BCUT2D eigenvalue weighted by molar-refractivity contribution is 0.598. The van der Waals surface area contributed by atoms with E-state index in [0.717, 1.165) is 22.2 Å². The van der Waals surface area contributed by atoms with Crippen LogP contribution in [0.1, 0.15) is 25.5 Å². The summed E-state index contributed by atoms with van der Waals surface area (Å²) in [6.45, 7) is 5.06. The van der Waals surface area contributed by atoms with Crippen molar-refractivity contribution in [1.29, 1.82) is 0 Å². The van der Waals surface area contributed by atoms with E-state index in [0.29, 0.717) is 0 Å². The van der Waals surface area contributed by atoms with E-state index in [1.54, 1.807) is 6.07 Å². The molecule has 1 aromatic carbocycles. The second-order valence-corrected chi connectivity index (χ2v) is 3.79. The molecule has 0 aliphatic carbocycles. The van der Waals surface area contributed by atoms with Crippen molar-refractivity contribution in [2.75, 3.05) is 6.54 Å². The quantitative estimate of drug-likeness (QED) is 0.816. The number of rotatable bonds is 3. The molecule has 3 heteroatoms. The van der Waals surface area contributed by atoms with Crippen LogP contribution in [0.15, 0.2) is 18.2 Å². The molecule has 0 heterocycles. The summed E-state index contributed by atoms with van der Waals surface area (Å²) in [5, 5.41) is 4.77. The van der Waals surface area contributed by atoms with Crippen LogP contribution in [0.4, 0.5) is 0 Å². The van der Waals surface area contributed by atoms with Crippen LogP contribution < -0.4 is 5.32 Å². The first-order chi connectivity index (χ1) is 6.15. The SMILES string of the molecule is CCNC(C)c1cc(Cl)ccc1Cl. The van der Waals surface area contributed by atoms with Gasteiger partial charge in [-0.15, -0.1) is 0 Å². The third-order valence-corrected chi connectivity index (χ3v) is 2.51. The zero-order valence-electron chi connectivity index (χ0n) is 7.77. The molecule has 0 aliphatic heterocycles. The van der Waals surface area contributed by atoms with Gasteiger partial charge in [-0.25, -0.2) is 0 Å². The number of halogens is 2. The molecule has 0 aliphatic rings. The number of nitrogens with one attached hydrogen (secondary N) is 1. The van der Waals surface area contributed by atoms with Gasteiger partial charge in [-0.05, 0) is 37.2 Å². The first-order valence-corrected chi connectivity index (χ1v) is 5.09. The maximum Gasteiger partial charge on any atom is 0.0454 e. The summed E-state index contributed by atoms with van der Waals surface area (Å²) in [6, 6.07) is 5.77. The van der Waals surface area contributed by atoms with Crippen molar-refractivity contribution in [1.82, 2.24) is 5.32 Å². The van der Waals surface area contributed by atoms with Gasteiger partial charge < -0.3 is 5.32 Å². The van der Waals surface area contributed by atoms with E-state index in [9.17, 15) is 0 Å². The minimum absolute atomic E-state index is 0.246. The fourth-order valence-corrected chi connectivity index (χ4v) is 1.72. The highest BCUT2D eigenvalue weighted by Crippen LogP contribution is 2.25. The second-order valence-electron chi connectivity index (χ2n) is 2.95. The minimum Gasteiger partial charge on any atom is -0.310 e. The third kappa shape index (κ3) is 2.87. The van der Waals surface area contributed by atoms with Gasteiger partial charge in [0, 0.05) is 16.1 Å². The fraction of sp³-hybridized carbons (Fsp3) is 0.400. The van der Waals surface area contributed by atoms with Gasteiger partial charge >= 0.3 is 0 Å². The molecule has 0 bridgehead atoms. The van der Waals surface area contributed by atoms with Crippen molar-refractivity contribution >= 4 is 23.2 Å². The first-order valence-electron chi connectivity index (χ1n) is 4.33. The largest absolute Gasteiger partial charge is 0.310 e. The minimum atomic E-state index is 0.246. The fourth-order valence-electron chi connectivity index (χ4n) is 1.26. The van der Waals surface area contributed by atoms with E-state index in [-0.39, 0.29) is 6.04 Å². The molecule has 72 valence electrons. The molecule has 1 aromatic rings. The average Bonchev–Trinajstić information content (AvgIpc) is 2.09. The lowest BCUT2D eigenvalue weighted by Crippen LogP contribution is -2.17. The zero-order valence-corrected chi connectivity index (χ0v) is 9.28. The Morgan fingerprint density at radius 1 is 1.38 bits per heavy atom. The molecule has 1 N–H and O–H groups in total. The molecule has 0 amide bonds. The van der Waals surface area contributed by atoms with Crippen molar-refractivity contribution < 1.29 is 0 Å². The molecule has 0 aromatic heterocycles. The van der Waals surface area contributed by atoms with Crippen LogP contribution in [0.5, 0.6) is 0 Å². The smallest absolute Gasteiger partial charge is 0.0454 e. The lowest BCUT2D eigenvalue weighted by Gasteiger charge is -2.14. The van der Waals surface area contributed by atoms with Crippen molar-refractivity contribution in [3.8, 4) is 0 Å². The number of hydrogen-bond acceptors (Lipinski definition) is 1. The highest BCUT2D eigenvalue weighted by Gasteiger charge is 2.08. The summed E-state index contributed by atoms with van der Waals surface area (Å²) >= 11 is 11.9. The average molecular weight is 218 g/mol. The summed E-state index contributed by atoms with van der Waals surface area (Å²) in [4.78, 5) is 0. The van der Waals surface area contributed by atoms with Gasteiger partial charge in [0.2, 0.25) is 0 Å². The molecule has 0 fully saturated rings. The van der Waals surface area contributed by atoms with E-state index in [4.69, 9.17) is 23.2 Å². The van der Waals surface area contributed by atoms with E-state index < -0.39 is 0 Å². The van der Waals surface area contributed by atoms with Crippen molar-refractivity contribution in [2.24, 2.45) is 0 Å². The van der Waals surface area contributed by atoms with Crippen LogP contribution in [-0.2, 0) is 0 Å². The first kappa shape index (κ1) is 10.8. The van der Waals surface area contributed by atoms with Gasteiger partial charge in [-0.3, -0.25) is 0 Å². The summed E-state index contributed by atoms with van der Waals surface area (Å²) in [5.74, 6) is 0. The van der Waals surface area contributed by atoms with Crippen molar-refractivity contribution in [3.05, 3.63) is 33.8 Å².